The van der Waals surface area contributed by atoms with Crippen molar-refractivity contribution in [1.29, 1.82) is 0 Å². The van der Waals surface area contributed by atoms with Gasteiger partial charge in [-0.25, -0.2) is 9.78 Å². The van der Waals surface area contributed by atoms with Gasteiger partial charge in [0.25, 0.3) is 0 Å². The molecule has 0 spiro atoms. The number of likely N-dealkylation sites (tertiary alicyclic amines) is 1. The van der Waals surface area contributed by atoms with Gasteiger partial charge in [0.1, 0.15) is 12.6 Å². The van der Waals surface area contributed by atoms with Crippen molar-refractivity contribution in [2.45, 2.75) is 51.3 Å². The van der Waals surface area contributed by atoms with Crippen LogP contribution in [0.1, 0.15) is 24.7 Å². The molecular weight excluding hydrogens is 286 g/mol. The van der Waals surface area contributed by atoms with E-state index in [9.17, 15) is 9.90 Å². The van der Waals surface area contributed by atoms with Gasteiger partial charge in [0.05, 0.1) is 6.04 Å². The second-order valence-electron chi connectivity index (χ2n) is 6.74. The third-order valence-corrected chi connectivity index (χ3v) is 5.48. The second-order valence-corrected chi connectivity index (χ2v) is 12.4. The van der Waals surface area contributed by atoms with E-state index in [4.69, 9.17) is 4.74 Å². The third-order valence-electron chi connectivity index (χ3n) is 3.77. The summed E-state index contributed by atoms with van der Waals surface area (Å²) >= 11 is 0. The maximum atomic E-state index is 11.3. The Kier molecular flexibility index (Phi) is 5.05. The minimum absolute atomic E-state index is 0.141. The number of carboxylic acid groups (broad SMARTS) is 1. The number of hydrogen-bond donors (Lipinski definition) is 1. The summed E-state index contributed by atoms with van der Waals surface area (Å²) in [5, 5.41) is 9.24. The molecule has 1 aromatic heterocycles. The average Bonchev–Trinajstić information content (AvgIpc) is 3.01. The predicted molar refractivity (Wildman–Crippen MR) is 83.0 cm³/mol. The number of imidazole rings is 1. The van der Waals surface area contributed by atoms with Gasteiger partial charge in [-0.15, -0.1) is 0 Å². The van der Waals surface area contributed by atoms with Crippen molar-refractivity contribution in [2.24, 2.45) is 0 Å². The summed E-state index contributed by atoms with van der Waals surface area (Å²) in [5.41, 5.74) is 0. The van der Waals surface area contributed by atoms with Crippen LogP contribution in [0.2, 0.25) is 25.7 Å². The minimum Gasteiger partial charge on any atom is -0.465 e. The van der Waals surface area contributed by atoms with Crippen LogP contribution in [0.5, 0.6) is 0 Å². The van der Waals surface area contributed by atoms with Crippen molar-refractivity contribution in [1.82, 2.24) is 14.5 Å². The molecule has 0 aliphatic carbocycles. The molecule has 2 heterocycles. The quantitative estimate of drug-likeness (QED) is 0.648. The first-order valence-electron chi connectivity index (χ1n) is 7.47. The largest absolute Gasteiger partial charge is 0.465 e. The smallest absolute Gasteiger partial charge is 0.407 e. The van der Waals surface area contributed by atoms with Crippen molar-refractivity contribution in [3.8, 4) is 0 Å². The lowest BCUT2D eigenvalue weighted by atomic mass is 10.2. The minimum atomic E-state index is -1.08. The summed E-state index contributed by atoms with van der Waals surface area (Å²) in [5.74, 6) is 0.794. The summed E-state index contributed by atoms with van der Waals surface area (Å²) in [7, 11) is -1.08. The van der Waals surface area contributed by atoms with E-state index in [0.717, 1.165) is 31.3 Å². The van der Waals surface area contributed by atoms with Gasteiger partial charge >= 0.3 is 6.09 Å². The lowest BCUT2D eigenvalue weighted by molar-refractivity contribution is 0.0805. The lowest BCUT2D eigenvalue weighted by Gasteiger charge is -2.22. The highest BCUT2D eigenvalue weighted by Crippen LogP contribution is 2.30. The van der Waals surface area contributed by atoms with E-state index in [1.165, 1.54) is 4.90 Å². The Balaban J connectivity index is 1.94. The van der Waals surface area contributed by atoms with E-state index >= 15 is 0 Å². The van der Waals surface area contributed by atoms with Crippen molar-refractivity contribution in [2.75, 3.05) is 13.2 Å². The van der Waals surface area contributed by atoms with Crippen molar-refractivity contribution in [3.05, 3.63) is 18.2 Å². The van der Waals surface area contributed by atoms with E-state index in [1.807, 2.05) is 10.8 Å². The van der Waals surface area contributed by atoms with E-state index in [1.54, 1.807) is 6.20 Å². The van der Waals surface area contributed by atoms with Crippen LogP contribution in [-0.2, 0) is 11.5 Å². The highest BCUT2D eigenvalue weighted by atomic mass is 28.3. The van der Waals surface area contributed by atoms with Crippen LogP contribution in [-0.4, -0.2) is 46.9 Å². The topological polar surface area (TPSA) is 67.6 Å². The van der Waals surface area contributed by atoms with Gasteiger partial charge in [-0.3, -0.25) is 4.90 Å². The van der Waals surface area contributed by atoms with Crippen LogP contribution in [0.3, 0.4) is 0 Å². The lowest BCUT2D eigenvalue weighted by Crippen LogP contribution is -2.30. The number of amides is 1. The van der Waals surface area contributed by atoms with E-state index in [-0.39, 0.29) is 6.04 Å². The number of nitrogens with zero attached hydrogens (tertiary/aromatic N) is 3. The van der Waals surface area contributed by atoms with Crippen LogP contribution in [0.15, 0.2) is 12.4 Å². The fraction of sp³-hybridized carbons (Fsp3) is 0.714. The molecule has 1 N–H and O–H groups in total. The van der Waals surface area contributed by atoms with Gasteiger partial charge in [-0.2, -0.15) is 0 Å². The van der Waals surface area contributed by atoms with Gasteiger partial charge < -0.3 is 14.4 Å². The van der Waals surface area contributed by atoms with E-state index in [0.29, 0.717) is 13.3 Å². The monoisotopic (exact) mass is 311 g/mol. The van der Waals surface area contributed by atoms with Crippen LogP contribution in [0, 0.1) is 0 Å². The number of ether oxygens (including phenoxy) is 1. The summed E-state index contributed by atoms with van der Waals surface area (Å²) in [6.45, 7) is 8.75. The van der Waals surface area contributed by atoms with E-state index < -0.39 is 14.2 Å². The first-order valence-corrected chi connectivity index (χ1v) is 11.2. The summed E-state index contributed by atoms with van der Waals surface area (Å²) in [6, 6.07) is 0.986. The van der Waals surface area contributed by atoms with Gasteiger partial charge in [-0.1, -0.05) is 19.6 Å². The zero-order valence-corrected chi connectivity index (χ0v) is 14.1. The number of aromatic nitrogens is 2. The molecule has 0 unspecified atom stereocenters. The normalized spacial score (nSPS) is 19.2. The Hall–Kier alpha value is -1.34. The fourth-order valence-corrected chi connectivity index (χ4v) is 3.29. The SMILES string of the molecule is C[Si](C)(C)CCOCn1ccnc1[C@@H]1CCCN1C(=O)O. The Morgan fingerprint density at radius 1 is 1.52 bits per heavy atom. The van der Waals surface area contributed by atoms with Crippen LogP contribution in [0.4, 0.5) is 4.79 Å². The van der Waals surface area contributed by atoms with Gasteiger partial charge in [-0.05, 0) is 18.9 Å². The number of hydrogen-bond acceptors (Lipinski definition) is 3. The highest BCUT2D eigenvalue weighted by Gasteiger charge is 2.32. The summed E-state index contributed by atoms with van der Waals surface area (Å²) in [4.78, 5) is 17.1. The molecule has 1 aromatic rings. The van der Waals surface area contributed by atoms with Crippen molar-refractivity contribution < 1.29 is 14.6 Å². The van der Waals surface area contributed by atoms with Crippen LogP contribution >= 0.6 is 0 Å². The summed E-state index contributed by atoms with van der Waals surface area (Å²) < 4.78 is 7.67. The maximum absolute atomic E-state index is 11.3. The molecule has 0 bridgehead atoms. The summed E-state index contributed by atoms with van der Waals surface area (Å²) in [6.07, 6.45) is 4.43. The molecule has 1 aliphatic heterocycles. The van der Waals surface area contributed by atoms with Crippen molar-refractivity contribution >= 4 is 14.2 Å². The fourth-order valence-electron chi connectivity index (χ4n) is 2.53. The molecule has 1 atom stereocenters. The first kappa shape index (κ1) is 16.0. The van der Waals surface area contributed by atoms with Gasteiger partial charge in [0.2, 0.25) is 0 Å². The van der Waals surface area contributed by atoms with Crippen LogP contribution in [0.25, 0.3) is 0 Å². The van der Waals surface area contributed by atoms with Crippen molar-refractivity contribution in [3.63, 3.8) is 0 Å². The molecule has 118 valence electrons. The molecule has 1 fully saturated rings. The van der Waals surface area contributed by atoms with E-state index in [2.05, 4.69) is 24.6 Å². The molecule has 21 heavy (non-hydrogen) atoms. The molecule has 2 rings (SSSR count). The Morgan fingerprint density at radius 3 is 2.95 bits per heavy atom. The maximum Gasteiger partial charge on any atom is 0.407 e. The molecule has 6 nitrogen and oxygen atoms in total. The first-order chi connectivity index (χ1) is 9.88. The highest BCUT2D eigenvalue weighted by molar-refractivity contribution is 6.76. The molecule has 7 heteroatoms. The van der Waals surface area contributed by atoms with Gasteiger partial charge in [0.15, 0.2) is 0 Å². The number of rotatable bonds is 6. The predicted octanol–water partition coefficient (Wildman–Crippen LogP) is 3.01. The Labute approximate surface area is 126 Å². The zero-order chi connectivity index (χ0) is 15.5. The average molecular weight is 311 g/mol. The number of carbonyl (C=O) groups is 1. The third kappa shape index (κ3) is 4.31. The van der Waals surface area contributed by atoms with Gasteiger partial charge in [0, 0.05) is 33.6 Å². The molecule has 1 saturated heterocycles. The molecular formula is C14H25N3O3Si. The molecule has 1 amide bonds. The second kappa shape index (κ2) is 6.61. The van der Waals surface area contributed by atoms with Crippen LogP contribution < -0.4 is 0 Å². The molecule has 1 aliphatic rings. The Bertz CT molecular complexity index is 484. The molecule has 0 radical (unpaired) electrons. The Morgan fingerprint density at radius 2 is 2.29 bits per heavy atom. The zero-order valence-electron chi connectivity index (χ0n) is 13.1. The molecule has 0 saturated carbocycles. The molecule has 0 aromatic carbocycles. The standard InChI is InChI=1S/C14H25N3O3Si/c1-21(2,3)10-9-20-11-16-8-6-15-13(16)12-5-4-7-17(12)14(18)19/h6,8,12H,4-5,7,9-11H2,1-3H3,(H,18,19)/t12-/m0/s1.